The van der Waals surface area contributed by atoms with E-state index in [0.29, 0.717) is 6.04 Å². The van der Waals surface area contributed by atoms with Gasteiger partial charge < -0.3 is 9.69 Å². The van der Waals surface area contributed by atoms with Gasteiger partial charge in [-0.2, -0.15) is 0 Å². The van der Waals surface area contributed by atoms with Crippen molar-refractivity contribution in [2.75, 3.05) is 11.4 Å². The molecule has 0 radical (unpaired) electrons. The van der Waals surface area contributed by atoms with E-state index < -0.39 is 0 Å². The van der Waals surface area contributed by atoms with Crippen LogP contribution in [0.5, 0.6) is 0 Å². The molecule has 3 heteroatoms. The molecule has 3 rings (SSSR count). The van der Waals surface area contributed by atoms with Gasteiger partial charge in [-0.15, -0.1) is 0 Å². The molecule has 1 saturated heterocycles. The van der Waals surface area contributed by atoms with Crippen LogP contribution in [0.1, 0.15) is 37.7 Å². The van der Waals surface area contributed by atoms with Gasteiger partial charge in [0.2, 0.25) is 0 Å². The van der Waals surface area contributed by atoms with Crippen molar-refractivity contribution < 1.29 is 4.79 Å². The molecule has 19 heavy (non-hydrogen) atoms. The average Bonchev–Trinajstić information content (AvgIpc) is 2.38. The third-order valence-corrected chi connectivity index (χ3v) is 5.02. The highest BCUT2D eigenvalue weighted by molar-refractivity contribution is 9.10. The van der Waals surface area contributed by atoms with E-state index in [-0.39, 0.29) is 5.92 Å². The van der Waals surface area contributed by atoms with Crippen LogP contribution in [0.2, 0.25) is 0 Å². The summed E-state index contributed by atoms with van der Waals surface area (Å²) in [5.74, 6) is 0.167. The quantitative estimate of drug-likeness (QED) is 0.730. The van der Waals surface area contributed by atoms with Crippen molar-refractivity contribution >= 4 is 27.9 Å². The zero-order chi connectivity index (χ0) is 13.2. The smallest absolute Gasteiger partial charge is 0.125 e. The monoisotopic (exact) mass is 321 g/mol. The molecular formula is C16H20BrNO. The molecule has 0 spiro atoms. The topological polar surface area (TPSA) is 20.3 Å². The molecule has 0 amide bonds. The average molecular weight is 322 g/mol. The Morgan fingerprint density at radius 2 is 2.05 bits per heavy atom. The summed E-state index contributed by atoms with van der Waals surface area (Å²) in [5.41, 5.74) is 2.68. The van der Waals surface area contributed by atoms with E-state index in [1.54, 1.807) is 0 Å². The number of rotatable bonds is 1. The highest BCUT2D eigenvalue weighted by Gasteiger charge is 2.34. The van der Waals surface area contributed by atoms with E-state index in [9.17, 15) is 4.79 Å². The number of carbonyl (C=O) groups excluding carboxylic acids is 1. The highest BCUT2D eigenvalue weighted by atomic mass is 79.9. The molecule has 0 N–H and O–H groups in total. The van der Waals surface area contributed by atoms with Crippen molar-refractivity contribution in [3.63, 3.8) is 0 Å². The second kappa shape index (κ2) is 5.66. The molecule has 0 saturated carbocycles. The van der Waals surface area contributed by atoms with Crippen molar-refractivity contribution in [1.82, 2.24) is 0 Å². The number of fused-ring (bicyclic) bond motifs is 3. The molecule has 2 heterocycles. The zero-order valence-electron chi connectivity index (χ0n) is 11.1. The van der Waals surface area contributed by atoms with Crippen molar-refractivity contribution in [1.29, 1.82) is 0 Å². The minimum atomic E-state index is 0.167. The van der Waals surface area contributed by atoms with E-state index in [2.05, 4.69) is 39.0 Å². The Labute approximate surface area is 123 Å². The first-order valence-corrected chi connectivity index (χ1v) is 8.09. The second-order valence-corrected chi connectivity index (χ2v) is 6.66. The first kappa shape index (κ1) is 13.2. The third kappa shape index (κ3) is 2.58. The molecule has 0 bridgehead atoms. The Morgan fingerprint density at radius 3 is 2.89 bits per heavy atom. The molecule has 2 aliphatic rings. The molecule has 1 aromatic carbocycles. The summed E-state index contributed by atoms with van der Waals surface area (Å²) in [6.07, 6.45) is 8.40. The summed E-state index contributed by atoms with van der Waals surface area (Å²) in [7, 11) is 0. The molecule has 0 unspecified atom stereocenters. The predicted molar refractivity (Wildman–Crippen MR) is 81.6 cm³/mol. The standard InChI is InChI=1S/C16H20BrNO/c17-14-6-7-16-12(10-14)9-13(11-19)15-5-3-1-2-4-8-18(15)16/h6-7,10-11,13,15H,1-5,8-9H2/t13-,15-/m0/s1. The lowest BCUT2D eigenvalue weighted by Gasteiger charge is -2.43. The zero-order valence-corrected chi connectivity index (χ0v) is 12.7. The van der Waals surface area contributed by atoms with E-state index in [4.69, 9.17) is 0 Å². The molecule has 2 nitrogen and oxygen atoms in total. The van der Waals surface area contributed by atoms with Crippen molar-refractivity contribution in [2.24, 2.45) is 5.92 Å². The lowest BCUT2D eigenvalue weighted by atomic mass is 9.83. The van der Waals surface area contributed by atoms with Gasteiger partial charge >= 0.3 is 0 Å². The Bertz CT molecular complexity index is 474. The third-order valence-electron chi connectivity index (χ3n) is 4.52. The minimum absolute atomic E-state index is 0.167. The van der Waals surface area contributed by atoms with Crippen LogP contribution in [0.4, 0.5) is 5.69 Å². The lowest BCUT2D eigenvalue weighted by Crippen LogP contribution is -2.47. The number of hydrogen-bond acceptors (Lipinski definition) is 2. The number of benzene rings is 1. The molecule has 2 atom stereocenters. The number of halogens is 1. The Kier molecular flexibility index (Phi) is 3.92. The minimum Gasteiger partial charge on any atom is -0.368 e. The van der Waals surface area contributed by atoms with E-state index in [1.165, 1.54) is 49.6 Å². The van der Waals surface area contributed by atoms with Crippen LogP contribution in [0.3, 0.4) is 0 Å². The second-order valence-electron chi connectivity index (χ2n) is 5.74. The van der Waals surface area contributed by atoms with Gasteiger partial charge in [-0.1, -0.05) is 35.2 Å². The lowest BCUT2D eigenvalue weighted by molar-refractivity contribution is -0.111. The Balaban J connectivity index is 1.99. The van der Waals surface area contributed by atoms with Gasteiger partial charge in [0.05, 0.1) is 0 Å². The van der Waals surface area contributed by atoms with Crippen molar-refractivity contribution in [3.05, 3.63) is 28.2 Å². The first-order valence-electron chi connectivity index (χ1n) is 7.30. The largest absolute Gasteiger partial charge is 0.368 e. The normalized spacial score (nSPS) is 26.9. The van der Waals surface area contributed by atoms with E-state index in [0.717, 1.165) is 17.4 Å². The van der Waals surface area contributed by atoms with Crippen LogP contribution in [0.25, 0.3) is 0 Å². The summed E-state index contributed by atoms with van der Waals surface area (Å²) in [5, 5.41) is 0. The maximum absolute atomic E-state index is 11.5. The summed E-state index contributed by atoms with van der Waals surface area (Å²) in [6.45, 7) is 1.10. The number of aldehydes is 1. The van der Waals surface area contributed by atoms with Crippen LogP contribution < -0.4 is 4.90 Å². The maximum Gasteiger partial charge on any atom is 0.125 e. The SMILES string of the molecule is O=C[C@@H]1Cc2cc(Br)ccc2N2CCCCCC[C@@H]12. The summed E-state index contributed by atoms with van der Waals surface area (Å²) < 4.78 is 1.11. The molecule has 2 aliphatic heterocycles. The van der Waals surface area contributed by atoms with Crippen molar-refractivity contribution in [3.8, 4) is 0 Å². The number of hydrogen-bond donors (Lipinski definition) is 0. The fourth-order valence-corrected chi connectivity index (χ4v) is 3.99. The van der Waals surface area contributed by atoms with Crippen LogP contribution in [-0.2, 0) is 11.2 Å². The molecule has 1 aromatic rings. The van der Waals surface area contributed by atoms with Gasteiger partial charge in [0, 0.05) is 28.7 Å². The Hall–Kier alpha value is -0.830. The fourth-order valence-electron chi connectivity index (χ4n) is 3.58. The number of carbonyl (C=O) groups is 1. The van der Waals surface area contributed by atoms with Crippen LogP contribution in [0.15, 0.2) is 22.7 Å². The maximum atomic E-state index is 11.5. The predicted octanol–water partition coefficient (Wildman–Crippen LogP) is 3.96. The summed E-state index contributed by atoms with van der Waals surface area (Å²) in [4.78, 5) is 14.0. The fraction of sp³-hybridized carbons (Fsp3) is 0.562. The van der Waals surface area contributed by atoms with E-state index in [1.807, 2.05) is 0 Å². The highest BCUT2D eigenvalue weighted by Crippen LogP contribution is 2.37. The van der Waals surface area contributed by atoms with Gasteiger partial charge in [-0.3, -0.25) is 0 Å². The van der Waals surface area contributed by atoms with Gasteiger partial charge in [0.1, 0.15) is 6.29 Å². The molecular weight excluding hydrogens is 302 g/mol. The molecule has 0 aliphatic carbocycles. The summed E-state index contributed by atoms with van der Waals surface area (Å²) >= 11 is 3.54. The first-order chi connectivity index (χ1) is 9.29. The van der Waals surface area contributed by atoms with Gasteiger partial charge in [-0.25, -0.2) is 0 Å². The molecule has 0 aromatic heterocycles. The molecule has 102 valence electrons. The van der Waals surface area contributed by atoms with Crippen LogP contribution in [0, 0.1) is 5.92 Å². The van der Waals surface area contributed by atoms with Gasteiger partial charge in [-0.05, 0) is 43.0 Å². The Morgan fingerprint density at radius 1 is 1.21 bits per heavy atom. The van der Waals surface area contributed by atoms with Gasteiger partial charge in [0.25, 0.3) is 0 Å². The molecule has 1 fully saturated rings. The number of anilines is 1. The van der Waals surface area contributed by atoms with Crippen LogP contribution >= 0.6 is 15.9 Å². The van der Waals surface area contributed by atoms with Gasteiger partial charge in [0.15, 0.2) is 0 Å². The van der Waals surface area contributed by atoms with Crippen molar-refractivity contribution in [2.45, 2.75) is 44.6 Å². The van der Waals surface area contributed by atoms with Crippen LogP contribution in [-0.4, -0.2) is 18.9 Å². The number of nitrogens with zero attached hydrogens (tertiary/aromatic N) is 1. The van der Waals surface area contributed by atoms with E-state index >= 15 is 0 Å². The summed E-state index contributed by atoms with van der Waals surface area (Å²) in [6, 6.07) is 6.94.